The summed E-state index contributed by atoms with van der Waals surface area (Å²) in [6, 6.07) is 2.34. The number of amides is 1. The maximum Gasteiger partial charge on any atom is 0.250 e. The van der Waals surface area contributed by atoms with Gasteiger partial charge in [-0.25, -0.2) is 8.42 Å². The van der Waals surface area contributed by atoms with E-state index in [9.17, 15) is 13.2 Å². The highest BCUT2D eigenvalue weighted by atomic mass is 32.2. The molecule has 3 N–H and O–H groups in total. The molecule has 2 heterocycles. The minimum absolute atomic E-state index is 0.0952. The zero-order valence-corrected chi connectivity index (χ0v) is 15.6. The minimum Gasteiger partial charge on any atom is -0.384 e. The van der Waals surface area contributed by atoms with E-state index in [1.165, 1.54) is 6.07 Å². The summed E-state index contributed by atoms with van der Waals surface area (Å²) < 4.78 is 32.3. The van der Waals surface area contributed by atoms with Gasteiger partial charge in [0, 0.05) is 19.1 Å². The molecule has 7 nitrogen and oxygen atoms in total. The molecular weight excluding hydrogens is 350 g/mol. The average Bonchev–Trinajstić information content (AvgIpc) is 3.09. The molecule has 1 aromatic rings. The molecule has 0 bridgehead atoms. The van der Waals surface area contributed by atoms with Crippen LogP contribution in [0.2, 0.25) is 0 Å². The molecule has 0 aliphatic carbocycles. The SMILES string of the molecule is COCC1(CNC(=O)C(C)NS(=O)(=O)c2cccs2)CCNCC1. The molecule has 136 valence electrons. The van der Waals surface area contributed by atoms with E-state index in [-0.39, 0.29) is 15.5 Å². The average molecular weight is 376 g/mol. The van der Waals surface area contributed by atoms with Crippen molar-refractivity contribution >= 4 is 27.3 Å². The molecule has 1 fully saturated rings. The molecule has 1 aliphatic rings. The summed E-state index contributed by atoms with van der Waals surface area (Å²) in [6.07, 6.45) is 1.83. The van der Waals surface area contributed by atoms with E-state index in [4.69, 9.17) is 4.74 Å². The number of hydrogen-bond acceptors (Lipinski definition) is 6. The van der Waals surface area contributed by atoms with E-state index in [0.29, 0.717) is 13.2 Å². The molecule has 0 spiro atoms. The Hall–Kier alpha value is -1.00. The Morgan fingerprint density at radius 3 is 2.75 bits per heavy atom. The standard InChI is InChI=1S/C15H25N3O4S2/c1-12(18-24(20,21)13-4-3-9-23-13)14(19)17-10-15(11-22-2)5-7-16-8-6-15/h3-4,9,12,16,18H,5-8,10-11H2,1-2H3,(H,17,19). The van der Waals surface area contributed by atoms with Gasteiger partial charge in [0.25, 0.3) is 10.0 Å². The Balaban J connectivity index is 1.91. The van der Waals surface area contributed by atoms with Crippen molar-refractivity contribution in [3.8, 4) is 0 Å². The first-order chi connectivity index (χ1) is 11.4. The van der Waals surface area contributed by atoms with Gasteiger partial charge in [0.2, 0.25) is 5.91 Å². The second kappa shape index (κ2) is 8.39. The molecule has 1 aliphatic heterocycles. The summed E-state index contributed by atoms with van der Waals surface area (Å²) in [4.78, 5) is 12.3. The zero-order chi connectivity index (χ0) is 17.6. The van der Waals surface area contributed by atoms with E-state index in [1.807, 2.05) is 0 Å². The van der Waals surface area contributed by atoms with Crippen LogP contribution in [0.4, 0.5) is 0 Å². The van der Waals surface area contributed by atoms with Crippen LogP contribution < -0.4 is 15.4 Å². The van der Waals surface area contributed by atoms with Gasteiger partial charge in [-0.3, -0.25) is 4.79 Å². The lowest BCUT2D eigenvalue weighted by atomic mass is 9.79. The summed E-state index contributed by atoms with van der Waals surface area (Å²) in [7, 11) is -2.00. The quantitative estimate of drug-likeness (QED) is 0.617. The van der Waals surface area contributed by atoms with E-state index in [2.05, 4.69) is 15.4 Å². The Morgan fingerprint density at radius 1 is 1.46 bits per heavy atom. The van der Waals surface area contributed by atoms with Gasteiger partial charge in [0.1, 0.15) is 4.21 Å². The smallest absolute Gasteiger partial charge is 0.250 e. The summed E-state index contributed by atoms with van der Waals surface area (Å²) in [5.41, 5.74) is -0.0952. The summed E-state index contributed by atoms with van der Waals surface area (Å²) in [5.74, 6) is -0.329. The van der Waals surface area contributed by atoms with Crippen LogP contribution in [-0.4, -0.2) is 53.7 Å². The molecule has 1 saturated heterocycles. The topological polar surface area (TPSA) is 96.5 Å². The number of sulfonamides is 1. The van der Waals surface area contributed by atoms with Gasteiger partial charge in [-0.1, -0.05) is 6.07 Å². The monoisotopic (exact) mass is 375 g/mol. The number of piperidine rings is 1. The van der Waals surface area contributed by atoms with Gasteiger partial charge in [-0.15, -0.1) is 11.3 Å². The van der Waals surface area contributed by atoms with Crippen molar-refractivity contribution in [1.29, 1.82) is 0 Å². The maximum absolute atomic E-state index is 12.3. The van der Waals surface area contributed by atoms with Crippen LogP contribution >= 0.6 is 11.3 Å². The van der Waals surface area contributed by atoms with E-state index < -0.39 is 16.1 Å². The second-order valence-electron chi connectivity index (χ2n) is 6.18. The molecule has 0 saturated carbocycles. The molecule has 9 heteroatoms. The third-order valence-electron chi connectivity index (χ3n) is 4.24. The van der Waals surface area contributed by atoms with E-state index in [1.54, 1.807) is 25.5 Å². The van der Waals surface area contributed by atoms with Gasteiger partial charge in [-0.2, -0.15) is 4.72 Å². The number of hydrogen-bond donors (Lipinski definition) is 3. The number of nitrogens with one attached hydrogen (secondary N) is 3. The van der Waals surface area contributed by atoms with Crippen molar-refractivity contribution < 1.29 is 17.9 Å². The van der Waals surface area contributed by atoms with Crippen LogP contribution in [0.15, 0.2) is 21.7 Å². The van der Waals surface area contributed by atoms with Crippen molar-refractivity contribution in [3.63, 3.8) is 0 Å². The van der Waals surface area contributed by atoms with Gasteiger partial charge in [0.15, 0.2) is 0 Å². The minimum atomic E-state index is -3.66. The van der Waals surface area contributed by atoms with Crippen LogP contribution in [0.1, 0.15) is 19.8 Å². The number of carbonyl (C=O) groups excluding carboxylic acids is 1. The van der Waals surface area contributed by atoms with Crippen molar-refractivity contribution in [2.45, 2.75) is 30.0 Å². The van der Waals surface area contributed by atoms with Crippen molar-refractivity contribution in [2.75, 3.05) is 33.4 Å². The second-order valence-corrected chi connectivity index (χ2v) is 9.06. The molecule has 1 amide bonds. The Bertz CT molecular complexity index is 620. The fourth-order valence-electron chi connectivity index (χ4n) is 2.82. The van der Waals surface area contributed by atoms with Crippen LogP contribution in [0, 0.1) is 5.41 Å². The first-order valence-electron chi connectivity index (χ1n) is 7.92. The van der Waals surface area contributed by atoms with Crippen molar-refractivity contribution in [3.05, 3.63) is 17.5 Å². The fraction of sp³-hybridized carbons (Fsp3) is 0.667. The van der Waals surface area contributed by atoms with Crippen molar-refractivity contribution in [2.24, 2.45) is 5.41 Å². The van der Waals surface area contributed by atoms with Crippen molar-refractivity contribution in [1.82, 2.24) is 15.4 Å². The van der Waals surface area contributed by atoms with E-state index >= 15 is 0 Å². The lowest BCUT2D eigenvalue weighted by Gasteiger charge is -2.37. The largest absolute Gasteiger partial charge is 0.384 e. The Morgan fingerprint density at radius 2 is 2.17 bits per heavy atom. The number of rotatable bonds is 8. The fourth-order valence-corrected chi connectivity index (χ4v) is 5.04. The number of carbonyl (C=O) groups is 1. The molecule has 1 unspecified atom stereocenters. The molecule has 24 heavy (non-hydrogen) atoms. The highest BCUT2D eigenvalue weighted by Crippen LogP contribution is 2.28. The lowest BCUT2D eigenvalue weighted by molar-refractivity contribution is -0.123. The van der Waals surface area contributed by atoms with Gasteiger partial charge < -0.3 is 15.4 Å². The van der Waals surface area contributed by atoms with Crippen LogP contribution in [0.3, 0.4) is 0 Å². The molecule has 0 radical (unpaired) electrons. The zero-order valence-electron chi connectivity index (χ0n) is 14.0. The van der Waals surface area contributed by atoms with Crippen LogP contribution in [0.25, 0.3) is 0 Å². The molecule has 0 aromatic carbocycles. The third kappa shape index (κ3) is 5.00. The first kappa shape index (κ1) is 19.3. The summed E-state index contributed by atoms with van der Waals surface area (Å²) in [6.45, 7) is 4.38. The highest BCUT2D eigenvalue weighted by molar-refractivity contribution is 7.91. The summed E-state index contributed by atoms with van der Waals surface area (Å²) >= 11 is 1.12. The van der Waals surface area contributed by atoms with Gasteiger partial charge in [-0.05, 0) is 44.3 Å². The van der Waals surface area contributed by atoms with Crippen LogP contribution in [-0.2, 0) is 19.6 Å². The number of ether oxygens (including phenoxy) is 1. The summed E-state index contributed by atoms with van der Waals surface area (Å²) in [5, 5.41) is 7.86. The third-order valence-corrected chi connectivity index (χ3v) is 7.18. The maximum atomic E-state index is 12.3. The first-order valence-corrected chi connectivity index (χ1v) is 10.3. The molecule has 2 rings (SSSR count). The number of methoxy groups -OCH3 is 1. The highest BCUT2D eigenvalue weighted by Gasteiger charge is 2.33. The van der Waals surface area contributed by atoms with Gasteiger partial charge >= 0.3 is 0 Å². The van der Waals surface area contributed by atoms with E-state index in [0.717, 1.165) is 37.3 Å². The Kier molecular flexibility index (Phi) is 6.76. The predicted octanol–water partition coefficient (Wildman–Crippen LogP) is 0.547. The molecule has 1 aromatic heterocycles. The predicted molar refractivity (Wildman–Crippen MR) is 93.5 cm³/mol. The normalized spacial score (nSPS) is 18.9. The molecule has 1 atom stereocenters. The number of thiophene rings is 1. The Labute approximate surface area is 147 Å². The van der Waals surface area contributed by atoms with Gasteiger partial charge in [0.05, 0.1) is 12.6 Å². The van der Waals surface area contributed by atoms with Crippen LogP contribution in [0.5, 0.6) is 0 Å². The lowest BCUT2D eigenvalue weighted by Crippen LogP contribution is -2.51. The molecular formula is C15H25N3O4S2.